The van der Waals surface area contributed by atoms with E-state index < -0.39 is 5.97 Å². The van der Waals surface area contributed by atoms with Crippen molar-refractivity contribution in [3.8, 4) is 0 Å². The Morgan fingerprint density at radius 2 is 1.98 bits per heavy atom. The summed E-state index contributed by atoms with van der Waals surface area (Å²) in [5.74, 6) is 0.0978. The molecule has 0 aliphatic carbocycles. The number of aldehydes is 1. The Balaban J connectivity index is 0.000000450. The number of methoxy groups -OCH3 is 1. The van der Waals surface area contributed by atoms with Crippen LogP contribution in [0.4, 0.5) is 11.5 Å². The number of hydrogen-bond acceptors (Lipinski definition) is 9. The second-order valence-corrected chi connectivity index (χ2v) is 9.16. The number of carbonyl (C=O) groups is 4. The molecule has 1 aliphatic rings. The number of anilines is 2. The van der Waals surface area contributed by atoms with Gasteiger partial charge in [-0.1, -0.05) is 26.8 Å². The van der Waals surface area contributed by atoms with E-state index in [0.29, 0.717) is 19.1 Å². The van der Waals surface area contributed by atoms with Gasteiger partial charge in [0.25, 0.3) is 0 Å². The zero-order chi connectivity index (χ0) is 30.4. The molecule has 1 fully saturated rings. The summed E-state index contributed by atoms with van der Waals surface area (Å²) in [5.41, 5.74) is 1.85. The van der Waals surface area contributed by atoms with E-state index >= 15 is 0 Å². The number of pyridine rings is 2. The molecule has 1 aliphatic heterocycles. The van der Waals surface area contributed by atoms with Gasteiger partial charge in [0, 0.05) is 38.7 Å². The van der Waals surface area contributed by atoms with E-state index in [1.807, 2.05) is 58.0 Å². The van der Waals surface area contributed by atoms with E-state index in [1.165, 1.54) is 24.8 Å². The minimum Gasteiger partial charge on any atom is -0.464 e. The van der Waals surface area contributed by atoms with Crippen molar-refractivity contribution in [3.63, 3.8) is 0 Å². The molecule has 222 valence electrons. The lowest BCUT2D eigenvalue weighted by Crippen LogP contribution is -2.35. The number of aromatic nitrogens is 2. The van der Waals surface area contributed by atoms with Crippen molar-refractivity contribution in [2.45, 2.75) is 72.3 Å². The molecule has 1 saturated heterocycles. The summed E-state index contributed by atoms with van der Waals surface area (Å²) in [6, 6.07) is 7.03. The summed E-state index contributed by atoms with van der Waals surface area (Å²) >= 11 is 0. The molecular weight excluding hydrogens is 526 g/mol. The standard InChI is InChI=1S/C21H25N3O6.C7H10N2.C2H6/c1-3-13(24-11-5-8-18(24)27)6-4-7-17(26)23-20-16(12-25)30-15-10-9-14(21(28)29-2)22-19(15)20;1-6-3-4-7(8-2)9-5-6;1-2/h9-10,12-13H,3-8,11H2,1-2H3,(H,23,26);3-5H,1-2H3,(H,8,9);1-2H3. The Labute approximate surface area is 241 Å². The number of esters is 1. The maximum atomic E-state index is 12.5. The Morgan fingerprint density at radius 3 is 2.54 bits per heavy atom. The minimum atomic E-state index is -0.634. The second-order valence-electron chi connectivity index (χ2n) is 9.16. The Kier molecular flexibility index (Phi) is 13.4. The molecule has 11 heteroatoms. The van der Waals surface area contributed by atoms with E-state index in [-0.39, 0.29) is 52.5 Å². The van der Waals surface area contributed by atoms with Crippen LogP contribution >= 0.6 is 0 Å². The van der Waals surface area contributed by atoms with Crippen molar-refractivity contribution in [3.05, 3.63) is 47.5 Å². The van der Waals surface area contributed by atoms with Crippen LogP contribution in [-0.4, -0.2) is 65.7 Å². The molecule has 4 heterocycles. The SMILES string of the molecule is CC.CCC(CCCC(=O)Nc1c(C=O)oc2ccc(C(=O)OC)nc12)N1CCCC1=O.CNc1ccc(C)cn1. The number of aryl methyl sites for hydroxylation is 1. The third-order valence-corrected chi connectivity index (χ3v) is 6.46. The van der Waals surface area contributed by atoms with Gasteiger partial charge in [0.05, 0.1) is 7.11 Å². The van der Waals surface area contributed by atoms with Crippen molar-refractivity contribution >= 4 is 46.7 Å². The fourth-order valence-corrected chi connectivity index (χ4v) is 4.37. The summed E-state index contributed by atoms with van der Waals surface area (Å²) in [7, 11) is 3.10. The average Bonchev–Trinajstić information content (AvgIpc) is 3.59. The highest BCUT2D eigenvalue weighted by Crippen LogP contribution is 2.29. The first-order valence-corrected chi connectivity index (χ1v) is 14.0. The number of amides is 2. The Morgan fingerprint density at radius 1 is 1.22 bits per heavy atom. The summed E-state index contributed by atoms with van der Waals surface area (Å²) in [6.45, 7) is 8.84. The summed E-state index contributed by atoms with van der Waals surface area (Å²) in [4.78, 5) is 57.7. The molecule has 3 aromatic rings. The first-order valence-electron chi connectivity index (χ1n) is 14.0. The van der Waals surface area contributed by atoms with Gasteiger partial charge in [-0.15, -0.1) is 0 Å². The van der Waals surface area contributed by atoms with Crippen molar-refractivity contribution in [2.75, 3.05) is 31.3 Å². The molecule has 1 unspecified atom stereocenters. The van der Waals surface area contributed by atoms with Crippen LogP contribution in [0.2, 0.25) is 0 Å². The first-order chi connectivity index (χ1) is 19.8. The quantitative estimate of drug-likeness (QED) is 0.243. The largest absolute Gasteiger partial charge is 0.464 e. The third-order valence-electron chi connectivity index (χ3n) is 6.46. The van der Waals surface area contributed by atoms with Gasteiger partial charge in [0.1, 0.15) is 22.7 Å². The van der Waals surface area contributed by atoms with Gasteiger partial charge in [0.2, 0.25) is 11.8 Å². The van der Waals surface area contributed by atoms with Crippen molar-refractivity contribution < 1.29 is 28.3 Å². The lowest BCUT2D eigenvalue weighted by molar-refractivity contribution is -0.129. The van der Waals surface area contributed by atoms with E-state index in [1.54, 1.807) is 0 Å². The molecule has 0 radical (unpaired) electrons. The molecule has 41 heavy (non-hydrogen) atoms. The molecule has 1 atom stereocenters. The number of furan rings is 1. The van der Waals surface area contributed by atoms with Gasteiger partial charge in [-0.3, -0.25) is 14.4 Å². The topological polar surface area (TPSA) is 144 Å². The van der Waals surface area contributed by atoms with Gasteiger partial charge < -0.3 is 24.7 Å². The van der Waals surface area contributed by atoms with Crippen LogP contribution in [0.3, 0.4) is 0 Å². The van der Waals surface area contributed by atoms with Crippen molar-refractivity contribution in [1.82, 2.24) is 14.9 Å². The Hall–Kier alpha value is -4.28. The van der Waals surface area contributed by atoms with E-state index in [0.717, 1.165) is 31.6 Å². The molecule has 2 N–H and O–H groups in total. The zero-order valence-corrected chi connectivity index (χ0v) is 24.8. The van der Waals surface area contributed by atoms with Crippen LogP contribution in [0.25, 0.3) is 11.1 Å². The predicted octanol–water partition coefficient (Wildman–Crippen LogP) is 5.39. The number of ether oxygens (including phenoxy) is 1. The third kappa shape index (κ3) is 9.12. The number of carbonyl (C=O) groups excluding carboxylic acids is 4. The van der Waals surface area contributed by atoms with Gasteiger partial charge in [-0.25, -0.2) is 14.8 Å². The van der Waals surface area contributed by atoms with Crippen LogP contribution in [0.15, 0.2) is 34.9 Å². The van der Waals surface area contributed by atoms with Crippen LogP contribution in [0.1, 0.15) is 85.9 Å². The molecule has 0 bridgehead atoms. The summed E-state index contributed by atoms with van der Waals surface area (Å²) in [6.07, 6.45) is 6.20. The molecule has 0 saturated carbocycles. The van der Waals surface area contributed by atoms with Gasteiger partial charge >= 0.3 is 5.97 Å². The zero-order valence-electron chi connectivity index (χ0n) is 24.8. The number of rotatable bonds is 10. The maximum absolute atomic E-state index is 12.5. The lowest BCUT2D eigenvalue weighted by Gasteiger charge is -2.26. The number of hydrogen-bond donors (Lipinski definition) is 2. The van der Waals surface area contributed by atoms with Crippen LogP contribution < -0.4 is 10.6 Å². The molecule has 0 spiro atoms. The first kappa shape index (κ1) is 32.9. The molecule has 2 amide bonds. The highest BCUT2D eigenvalue weighted by molar-refractivity contribution is 6.05. The number of likely N-dealkylation sites (tertiary alicyclic amines) is 1. The predicted molar refractivity (Wildman–Crippen MR) is 158 cm³/mol. The average molecular weight is 568 g/mol. The van der Waals surface area contributed by atoms with Crippen LogP contribution in [0.5, 0.6) is 0 Å². The number of nitrogens with zero attached hydrogens (tertiary/aromatic N) is 3. The van der Waals surface area contributed by atoms with Gasteiger partial charge in [-0.05, 0) is 56.4 Å². The van der Waals surface area contributed by atoms with Crippen LogP contribution in [-0.2, 0) is 14.3 Å². The summed E-state index contributed by atoms with van der Waals surface area (Å²) in [5, 5.41) is 5.62. The van der Waals surface area contributed by atoms with E-state index in [4.69, 9.17) is 4.42 Å². The molecule has 3 aromatic heterocycles. The number of fused-ring (bicyclic) bond motifs is 1. The Bertz CT molecular complexity index is 1300. The van der Waals surface area contributed by atoms with Crippen molar-refractivity contribution in [1.29, 1.82) is 0 Å². The summed E-state index contributed by atoms with van der Waals surface area (Å²) < 4.78 is 10.1. The lowest BCUT2D eigenvalue weighted by atomic mass is 10.1. The minimum absolute atomic E-state index is 0.0415. The smallest absolute Gasteiger partial charge is 0.356 e. The van der Waals surface area contributed by atoms with E-state index in [9.17, 15) is 19.2 Å². The molecule has 11 nitrogen and oxygen atoms in total. The molecule has 0 aromatic carbocycles. The van der Waals surface area contributed by atoms with Gasteiger partial charge in [-0.2, -0.15) is 0 Å². The van der Waals surface area contributed by atoms with Crippen LogP contribution in [0, 0.1) is 6.92 Å². The molecular formula is C30H41N5O6. The fourth-order valence-electron chi connectivity index (χ4n) is 4.37. The van der Waals surface area contributed by atoms with E-state index in [2.05, 4.69) is 25.3 Å². The normalized spacial score (nSPS) is 12.9. The number of nitrogens with one attached hydrogen (secondary N) is 2. The monoisotopic (exact) mass is 567 g/mol. The second kappa shape index (κ2) is 16.7. The highest BCUT2D eigenvalue weighted by atomic mass is 16.5. The maximum Gasteiger partial charge on any atom is 0.356 e. The molecule has 4 rings (SSSR count). The van der Waals surface area contributed by atoms with Gasteiger partial charge in [0.15, 0.2) is 17.6 Å². The van der Waals surface area contributed by atoms with Crippen molar-refractivity contribution in [2.24, 2.45) is 0 Å². The fraction of sp³-hybridized carbons (Fsp3) is 0.467. The highest BCUT2D eigenvalue weighted by Gasteiger charge is 2.26.